The molecule has 2 heterocycles. The van der Waals surface area contributed by atoms with Gasteiger partial charge in [-0.3, -0.25) is 4.79 Å². The van der Waals surface area contributed by atoms with Crippen molar-refractivity contribution in [2.75, 3.05) is 25.0 Å². The smallest absolute Gasteiger partial charge is 0.357 e. The van der Waals surface area contributed by atoms with Crippen LogP contribution in [0.15, 0.2) is 18.2 Å². The second kappa shape index (κ2) is 7.66. The second-order valence-electron chi connectivity index (χ2n) is 10.8. The first-order valence-electron chi connectivity index (χ1n) is 11.4. The molecule has 1 aromatic carbocycles. The van der Waals surface area contributed by atoms with Gasteiger partial charge in [-0.05, 0) is 37.8 Å². The Morgan fingerprint density at radius 3 is 2.71 bits per heavy atom. The number of quaternary nitrogens is 1. The van der Waals surface area contributed by atoms with E-state index >= 15 is 0 Å². The molecule has 6 nitrogen and oxygen atoms in total. The van der Waals surface area contributed by atoms with Crippen LogP contribution in [0.25, 0.3) is 10.9 Å². The number of hydrogen-bond donors (Lipinski definition) is 2. The third-order valence-corrected chi connectivity index (χ3v) is 7.15. The Morgan fingerprint density at radius 1 is 1.26 bits per heavy atom. The maximum Gasteiger partial charge on any atom is 0.357 e. The largest absolute Gasteiger partial charge is 0.461 e. The quantitative estimate of drug-likeness (QED) is 0.722. The zero-order valence-corrected chi connectivity index (χ0v) is 19.7. The normalized spacial score (nSPS) is 26.8. The molecule has 2 aromatic rings. The molecule has 0 radical (unpaired) electrons. The Labute approximate surface area is 184 Å². The number of esters is 1. The summed E-state index contributed by atoms with van der Waals surface area (Å²) in [6.07, 6.45) is 3.57. The summed E-state index contributed by atoms with van der Waals surface area (Å²) in [5.41, 5.74) is 3.60. The van der Waals surface area contributed by atoms with Gasteiger partial charge in [-0.15, -0.1) is 0 Å². The van der Waals surface area contributed by atoms with Crippen molar-refractivity contribution in [2.24, 2.45) is 17.9 Å². The van der Waals surface area contributed by atoms with Crippen molar-refractivity contribution in [2.45, 2.75) is 59.9 Å². The van der Waals surface area contributed by atoms with Crippen LogP contribution in [0.1, 0.15) is 63.0 Å². The summed E-state index contributed by atoms with van der Waals surface area (Å²) in [5, 5.41) is 3.98. The van der Waals surface area contributed by atoms with Crippen LogP contribution >= 0.6 is 0 Å². The number of carbonyl (C=O) groups is 2. The Bertz CT molecular complexity index is 1040. The standard InChI is InChI=1S/C25H35N3O3/c1-7-31-23(30)22-21(18-10-16(2)8-9-19(18)27(22)6)26-20(29)13-28-15-25(5)12-17(28)11-24(3,4)14-25/h8-10,17H,7,11-15H2,1-6H3,(H,26,29)/p+1/t17-,25-/m0/s1. The first-order valence-corrected chi connectivity index (χ1v) is 11.4. The topological polar surface area (TPSA) is 64.8 Å². The number of hydrogen-bond acceptors (Lipinski definition) is 3. The van der Waals surface area contributed by atoms with Gasteiger partial charge in [0.2, 0.25) is 0 Å². The minimum absolute atomic E-state index is 0.0384. The van der Waals surface area contributed by atoms with E-state index in [2.05, 4.69) is 26.1 Å². The third-order valence-electron chi connectivity index (χ3n) is 7.15. The number of ether oxygens (including phenoxy) is 1. The molecule has 3 atom stereocenters. The van der Waals surface area contributed by atoms with Gasteiger partial charge in [0.1, 0.15) is 0 Å². The third kappa shape index (κ3) is 4.10. The molecule has 4 rings (SSSR count). The molecule has 2 N–H and O–H groups in total. The maximum absolute atomic E-state index is 13.2. The molecule has 1 unspecified atom stereocenters. The lowest BCUT2D eigenvalue weighted by Crippen LogP contribution is -3.15. The van der Waals surface area contributed by atoms with Gasteiger partial charge in [0, 0.05) is 30.7 Å². The van der Waals surface area contributed by atoms with E-state index in [9.17, 15) is 9.59 Å². The SMILES string of the molecule is CCOC(=O)c1c(NC(=O)C[NH+]2C[C@@]3(C)C[C@@H]2CC(C)(C)C3)c2cc(C)ccc2n1C. The minimum atomic E-state index is -0.409. The molecule has 2 aliphatic rings. The summed E-state index contributed by atoms with van der Waals surface area (Å²) in [6, 6.07) is 6.55. The highest BCUT2D eigenvalue weighted by Gasteiger charge is 2.53. The molecule has 1 amide bonds. The number of fused-ring (bicyclic) bond motifs is 3. The van der Waals surface area contributed by atoms with Crippen molar-refractivity contribution in [1.82, 2.24) is 4.57 Å². The summed E-state index contributed by atoms with van der Waals surface area (Å²) in [6.45, 7) is 12.6. The molecular weight excluding hydrogens is 390 g/mol. The summed E-state index contributed by atoms with van der Waals surface area (Å²) < 4.78 is 7.12. The van der Waals surface area contributed by atoms with Crippen LogP contribution in [0, 0.1) is 17.8 Å². The fourth-order valence-electron chi connectivity index (χ4n) is 6.47. The van der Waals surface area contributed by atoms with E-state index in [0.29, 0.717) is 41.4 Å². The van der Waals surface area contributed by atoms with Crippen LogP contribution < -0.4 is 10.2 Å². The molecular formula is C25H36N3O3+. The van der Waals surface area contributed by atoms with Gasteiger partial charge in [-0.2, -0.15) is 0 Å². The zero-order valence-electron chi connectivity index (χ0n) is 19.7. The molecule has 2 fully saturated rings. The molecule has 0 spiro atoms. The van der Waals surface area contributed by atoms with Crippen molar-refractivity contribution >= 4 is 28.5 Å². The number of aryl methyl sites for hydroxylation is 2. The van der Waals surface area contributed by atoms with Crippen LogP contribution in [-0.2, 0) is 16.6 Å². The maximum atomic E-state index is 13.2. The predicted octanol–water partition coefficient (Wildman–Crippen LogP) is 3.09. The number of carbonyl (C=O) groups excluding carboxylic acids is 2. The van der Waals surface area contributed by atoms with Crippen molar-refractivity contribution in [3.8, 4) is 0 Å². The molecule has 6 heteroatoms. The van der Waals surface area contributed by atoms with Crippen LogP contribution in [0.2, 0.25) is 0 Å². The van der Waals surface area contributed by atoms with Crippen molar-refractivity contribution in [3.05, 3.63) is 29.5 Å². The average Bonchev–Trinajstić information content (AvgIpc) is 3.04. The van der Waals surface area contributed by atoms with Gasteiger partial charge in [-0.1, -0.05) is 32.4 Å². The number of benzene rings is 1. The van der Waals surface area contributed by atoms with E-state index in [-0.39, 0.29) is 5.91 Å². The Morgan fingerprint density at radius 2 is 2.00 bits per heavy atom. The summed E-state index contributed by atoms with van der Waals surface area (Å²) >= 11 is 0. The molecule has 1 saturated carbocycles. The predicted molar refractivity (Wildman–Crippen MR) is 122 cm³/mol. The number of aromatic nitrogens is 1. The van der Waals surface area contributed by atoms with Crippen LogP contribution in [0.5, 0.6) is 0 Å². The highest BCUT2D eigenvalue weighted by molar-refractivity contribution is 6.11. The van der Waals surface area contributed by atoms with E-state index < -0.39 is 5.97 Å². The van der Waals surface area contributed by atoms with Gasteiger partial charge in [0.15, 0.2) is 12.2 Å². The van der Waals surface area contributed by atoms with E-state index in [0.717, 1.165) is 29.4 Å². The number of anilines is 1. The van der Waals surface area contributed by atoms with Crippen LogP contribution in [0.3, 0.4) is 0 Å². The lowest BCUT2D eigenvalue weighted by molar-refractivity contribution is -0.906. The summed E-state index contributed by atoms with van der Waals surface area (Å²) in [5.74, 6) is -0.448. The molecule has 31 heavy (non-hydrogen) atoms. The van der Waals surface area contributed by atoms with Gasteiger partial charge in [0.05, 0.1) is 30.4 Å². The van der Waals surface area contributed by atoms with Crippen molar-refractivity contribution in [1.29, 1.82) is 0 Å². The lowest BCUT2D eigenvalue weighted by Gasteiger charge is -2.37. The first kappa shape index (κ1) is 21.9. The molecule has 1 aromatic heterocycles. The number of nitrogens with zero attached hydrogens (tertiary/aromatic N) is 1. The average molecular weight is 427 g/mol. The number of nitrogens with one attached hydrogen (secondary N) is 2. The Balaban J connectivity index is 1.61. The minimum Gasteiger partial charge on any atom is -0.461 e. The number of rotatable bonds is 5. The highest BCUT2D eigenvalue weighted by Crippen LogP contribution is 2.47. The Hall–Kier alpha value is -2.34. The molecule has 168 valence electrons. The van der Waals surface area contributed by atoms with Crippen LogP contribution in [0.4, 0.5) is 5.69 Å². The van der Waals surface area contributed by atoms with Crippen LogP contribution in [-0.4, -0.2) is 42.2 Å². The second-order valence-corrected chi connectivity index (χ2v) is 10.8. The molecule has 2 bridgehead atoms. The summed E-state index contributed by atoms with van der Waals surface area (Å²) in [4.78, 5) is 27.3. The highest BCUT2D eigenvalue weighted by atomic mass is 16.5. The van der Waals surface area contributed by atoms with E-state index in [1.54, 1.807) is 6.92 Å². The molecule has 1 aliphatic carbocycles. The van der Waals surface area contributed by atoms with E-state index in [1.165, 1.54) is 17.7 Å². The lowest BCUT2D eigenvalue weighted by atomic mass is 9.65. The summed E-state index contributed by atoms with van der Waals surface area (Å²) in [7, 11) is 1.84. The van der Waals surface area contributed by atoms with Gasteiger partial charge >= 0.3 is 5.97 Å². The first-order chi connectivity index (χ1) is 14.5. The number of likely N-dealkylation sites (tertiary alicyclic amines) is 1. The van der Waals surface area contributed by atoms with Gasteiger partial charge in [0.25, 0.3) is 5.91 Å². The monoisotopic (exact) mass is 426 g/mol. The fourth-order valence-corrected chi connectivity index (χ4v) is 6.47. The van der Waals surface area contributed by atoms with E-state index in [1.807, 2.05) is 36.7 Å². The van der Waals surface area contributed by atoms with Crippen molar-refractivity contribution < 1.29 is 19.2 Å². The fraction of sp³-hybridized carbons (Fsp3) is 0.600. The van der Waals surface area contributed by atoms with Gasteiger partial charge < -0.3 is 19.5 Å². The Kier molecular flexibility index (Phi) is 5.41. The zero-order chi connectivity index (χ0) is 22.6. The van der Waals surface area contributed by atoms with Gasteiger partial charge in [-0.25, -0.2) is 4.79 Å². The van der Waals surface area contributed by atoms with Crippen molar-refractivity contribution in [3.63, 3.8) is 0 Å². The molecule has 1 saturated heterocycles. The number of amides is 1. The molecule has 1 aliphatic heterocycles. The van der Waals surface area contributed by atoms with E-state index in [4.69, 9.17) is 4.74 Å².